The molecule has 0 amide bonds. The lowest BCUT2D eigenvalue weighted by Crippen LogP contribution is -2.42. The fraction of sp³-hybridized carbons (Fsp3) is 0.571. The van der Waals surface area contributed by atoms with Crippen LogP contribution in [0.3, 0.4) is 0 Å². The summed E-state index contributed by atoms with van der Waals surface area (Å²) in [6, 6.07) is 2.09. The number of nitrogens with zero attached hydrogens (tertiary/aromatic N) is 4. The zero-order valence-electron chi connectivity index (χ0n) is 17.3. The molecule has 30 heavy (non-hydrogen) atoms. The van der Waals surface area contributed by atoms with Gasteiger partial charge in [-0.05, 0) is 45.1 Å². The van der Waals surface area contributed by atoms with Crippen LogP contribution in [0.15, 0.2) is 29.2 Å². The molecule has 2 fully saturated rings. The Balaban J connectivity index is 1.45. The van der Waals surface area contributed by atoms with Crippen molar-refractivity contribution >= 4 is 27.0 Å². The van der Waals surface area contributed by atoms with Gasteiger partial charge in [0.15, 0.2) is 0 Å². The molecule has 3 heterocycles. The second-order valence-electron chi connectivity index (χ2n) is 8.94. The first-order valence-corrected chi connectivity index (χ1v) is 12.4. The number of fused-ring (bicyclic) bond motifs is 1. The van der Waals surface area contributed by atoms with Crippen LogP contribution in [0.1, 0.15) is 43.7 Å². The number of hydrogen-bond acceptors (Lipinski definition) is 6. The Kier molecular flexibility index (Phi) is 4.52. The highest BCUT2D eigenvalue weighted by atomic mass is 32.2. The van der Waals surface area contributed by atoms with Crippen LogP contribution in [0.4, 0.5) is 5.95 Å². The topological polar surface area (TPSA) is 97.2 Å². The van der Waals surface area contributed by atoms with Crippen molar-refractivity contribution in [2.45, 2.75) is 51.1 Å². The van der Waals surface area contributed by atoms with E-state index in [0.29, 0.717) is 43.1 Å². The van der Waals surface area contributed by atoms with Gasteiger partial charge >= 0.3 is 0 Å². The van der Waals surface area contributed by atoms with E-state index in [-0.39, 0.29) is 23.1 Å². The third-order valence-electron chi connectivity index (χ3n) is 6.82. The summed E-state index contributed by atoms with van der Waals surface area (Å²) < 4.78 is 26.8. The molecule has 160 valence electrons. The first-order chi connectivity index (χ1) is 14.3. The van der Waals surface area contributed by atoms with Crippen molar-refractivity contribution in [3.63, 3.8) is 0 Å². The molecule has 8 nitrogen and oxygen atoms in total. The van der Waals surface area contributed by atoms with Crippen LogP contribution < -0.4 is 10.9 Å². The minimum atomic E-state index is -3.15. The molecule has 2 aromatic rings. The van der Waals surface area contributed by atoms with E-state index in [2.05, 4.69) is 22.5 Å². The summed E-state index contributed by atoms with van der Waals surface area (Å²) in [7, 11) is -3.15. The van der Waals surface area contributed by atoms with Crippen molar-refractivity contribution < 1.29 is 8.42 Å². The zero-order chi connectivity index (χ0) is 21.1. The maximum Gasteiger partial charge on any atom is 0.255 e. The van der Waals surface area contributed by atoms with Crippen LogP contribution in [0, 0.1) is 12.3 Å². The summed E-state index contributed by atoms with van der Waals surface area (Å²) in [5.74, 6) is 0.494. The number of nitrogens with one attached hydrogen (secondary N) is 1. The van der Waals surface area contributed by atoms with E-state index < -0.39 is 10.0 Å². The van der Waals surface area contributed by atoms with Crippen LogP contribution in [0.5, 0.6) is 0 Å². The highest BCUT2D eigenvalue weighted by molar-refractivity contribution is 7.88. The van der Waals surface area contributed by atoms with E-state index in [9.17, 15) is 13.2 Å². The van der Waals surface area contributed by atoms with Crippen molar-refractivity contribution in [3.05, 3.63) is 40.3 Å². The van der Waals surface area contributed by atoms with E-state index in [4.69, 9.17) is 4.98 Å². The van der Waals surface area contributed by atoms with Gasteiger partial charge in [-0.15, -0.1) is 0 Å². The van der Waals surface area contributed by atoms with Crippen LogP contribution in [-0.2, 0) is 10.0 Å². The summed E-state index contributed by atoms with van der Waals surface area (Å²) in [4.78, 5) is 22.3. The molecule has 1 N–H and O–H groups in total. The number of aromatic nitrogens is 3. The van der Waals surface area contributed by atoms with E-state index in [1.807, 2.05) is 17.6 Å². The van der Waals surface area contributed by atoms with Crippen LogP contribution >= 0.6 is 0 Å². The van der Waals surface area contributed by atoms with Crippen LogP contribution in [-0.4, -0.2) is 52.6 Å². The van der Waals surface area contributed by atoms with E-state index >= 15 is 0 Å². The molecule has 3 aliphatic rings. The van der Waals surface area contributed by atoms with E-state index in [1.165, 1.54) is 10.6 Å². The average Bonchev–Trinajstić information content (AvgIpc) is 3.36. The Hall–Kier alpha value is -2.26. The van der Waals surface area contributed by atoms with Gasteiger partial charge in [0.05, 0.1) is 12.3 Å². The Morgan fingerprint density at radius 3 is 2.63 bits per heavy atom. The lowest BCUT2D eigenvalue weighted by molar-refractivity contribution is 0.331. The van der Waals surface area contributed by atoms with Crippen molar-refractivity contribution in [1.29, 1.82) is 0 Å². The standard InChI is InChI=1S/C21H27N5O3S/c1-14-12-15-13-22-20(23-16-5-10-25(11-6-16)30(2,28)29)24-18(15)26(19(14)27)17-4-3-7-21(17)8-9-21/h3,7,12-13,16-17H,4-6,8-11H2,1-2H3,(H,22,23,24)/t17-/m0/s1. The van der Waals surface area contributed by atoms with Gasteiger partial charge in [0.1, 0.15) is 5.65 Å². The zero-order valence-corrected chi connectivity index (χ0v) is 18.2. The summed E-state index contributed by atoms with van der Waals surface area (Å²) >= 11 is 0. The van der Waals surface area contributed by atoms with Gasteiger partial charge in [-0.2, -0.15) is 4.98 Å². The second-order valence-corrected chi connectivity index (χ2v) is 10.9. The Morgan fingerprint density at radius 1 is 1.23 bits per heavy atom. The van der Waals surface area contributed by atoms with Gasteiger partial charge < -0.3 is 5.32 Å². The number of piperidine rings is 1. The summed E-state index contributed by atoms with van der Waals surface area (Å²) in [6.07, 6.45) is 12.0. The predicted molar refractivity (Wildman–Crippen MR) is 116 cm³/mol. The van der Waals surface area contributed by atoms with Crippen LogP contribution in [0.2, 0.25) is 0 Å². The monoisotopic (exact) mass is 429 g/mol. The molecule has 2 aromatic heterocycles. The normalized spacial score (nSPS) is 24.0. The lowest BCUT2D eigenvalue weighted by Gasteiger charge is -2.30. The Labute approximate surface area is 176 Å². The molecular weight excluding hydrogens is 402 g/mol. The third kappa shape index (κ3) is 3.33. The molecule has 0 radical (unpaired) electrons. The smallest absolute Gasteiger partial charge is 0.255 e. The molecular formula is C21H27N5O3S. The van der Waals surface area contributed by atoms with Crippen molar-refractivity contribution in [2.24, 2.45) is 5.41 Å². The SMILES string of the molecule is Cc1cc2cnc(NC3CCN(S(C)(=O)=O)CC3)nc2n([C@H]2CC=CC23CC3)c1=O. The van der Waals surface area contributed by atoms with Gasteiger partial charge in [0, 0.05) is 41.7 Å². The molecule has 0 aromatic carbocycles. The lowest BCUT2D eigenvalue weighted by atomic mass is 9.99. The van der Waals surface area contributed by atoms with E-state index in [1.54, 1.807) is 6.20 Å². The van der Waals surface area contributed by atoms with Gasteiger partial charge in [0.2, 0.25) is 16.0 Å². The first kappa shape index (κ1) is 19.7. The van der Waals surface area contributed by atoms with Crippen molar-refractivity contribution in [3.8, 4) is 0 Å². The first-order valence-electron chi connectivity index (χ1n) is 10.6. The Morgan fingerprint density at radius 2 is 1.97 bits per heavy atom. The Bertz CT molecular complexity index is 1190. The minimum absolute atomic E-state index is 0.0218. The van der Waals surface area contributed by atoms with E-state index in [0.717, 1.165) is 24.6 Å². The molecule has 0 bridgehead atoms. The molecule has 1 saturated carbocycles. The van der Waals surface area contributed by atoms with Gasteiger partial charge in [0.25, 0.3) is 5.56 Å². The molecule has 5 rings (SSSR count). The maximum absolute atomic E-state index is 13.1. The molecule has 1 saturated heterocycles. The van der Waals surface area contributed by atoms with Gasteiger partial charge in [-0.1, -0.05) is 12.2 Å². The molecule has 2 aliphatic carbocycles. The molecule has 0 unspecified atom stereocenters. The van der Waals surface area contributed by atoms with Crippen molar-refractivity contribution in [2.75, 3.05) is 24.7 Å². The fourth-order valence-corrected chi connectivity index (χ4v) is 5.79. The maximum atomic E-state index is 13.1. The minimum Gasteiger partial charge on any atom is -0.351 e. The number of rotatable bonds is 4. The van der Waals surface area contributed by atoms with Crippen LogP contribution in [0.25, 0.3) is 11.0 Å². The number of anilines is 1. The number of sulfonamides is 1. The summed E-state index contributed by atoms with van der Waals surface area (Å²) in [5, 5.41) is 4.23. The fourth-order valence-electron chi connectivity index (χ4n) is 4.92. The van der Waals surface area contributed by atoms with Gasteiger partial charge in [-0.25, -0.2) is 17.7 Å². The van der Waals surface area contributed by atoms with Gasteiger partial charge in [-0.3, -0.25) is 9.36 Å². The second kappa shape index (κ2) is 6.88. The number of hydrogen-bond donors (Lipinski definition) is 1. The third-order valence-corrected chi connectivity index (χ3v) is 8.12. The number of aryl methyl sites for hydroxylation is 1. The molecule has 1 aliphatic heterocycles. The predicted octanol–water partition coefficient (Wildman–Crippen LogP) is 2.22. The number of allylic oxidation sites excluding steroid dienone is 2. The van der Waals surface area contributed by atoms with Crippen molar-refractivity contribution in [1.82, 2.24) is 18.8 Å². The number of pyridine rings is 1. The molecule has 1 spiro atoms. The highest BCUT2D eigenvalue weighted by Crippen LogP contribution is 2.59. The average molecular weight is 430 g/mol. The largest absolute Gasteiger partial charge is 0.351 e. The highest BCUT2D eigenvalue weighted by Gasteiger charge is 2.50. The summed E-state index contributed by atoms with van der Waals surface area (Å²) in [5.41, 5.74) is 1.52. The molecule has 1 atom stereocenters. The molecule has 9 heteroatoms. The summed E-state index contributed by atoms with van der Waals surface area (Å²) in [6.45, 7) is 2.83. The quantitative estimate of drug-likeness (QED) is 0.749.